The smallest absolute Gasteiger partial charge is 0.306 e. The van der Waals surface area contributed by atoms with Crippen LogP contribution in [0, 0.1) is 0 Å². The largest absolute Gasteiger partial charge is 0.469 e. The molecule has 0 atom stereocenters. The summed E-state index contributed by atoms with van der Waals surface area (Å²) >= 11 is 0. The molecule has 0 aliphatic carbocycles. The van der Waals surface area contributed by atoms with Crippen LogP contribution in [0.15, 0.2) is 0 Å². The van der Waals surface area contributed by atoms with Crippen molar-refractivity contribution >= 4 is 5.97 Å². The lowest BCUT2D eigenvalue weighted by Crippen LogP contribution is -2.31. The van der Waals surface area contributed by atoms with Gasteiger partial charge in [-0.15, -0.1) is 0 Å². The molecule has 39 heavy (non-hydrogen) atoms. The second kappa shape index (κ2) is 35.1. The average molecular weight is 570 g/mol. The Hall–Kier alpha value is -0.970. The molecular weight excluding hydrogens is 514 g/mol. The fraction of sp³-hybridized carbons (Fsp3) is 0.962. The Morgan fingerprint density at radius 3 is 1.23 bits per heavy atom. The van der Waals surface area contributed by atoms with Gasteiger partial charge in [-0.05, 0) is 19.4 Å². The number of carbonyl (C=O) groups is 1. The molecule has 0 rings (SSSR count). The molecule has 0 saturated carbocycles. The molecule has 13 nitrogen and oxygen atoms in total. The van der Waals surface area contributed by atoms with Gasteiger partial charge in [0.25, 0.3) is 0 Å². The van der Waals surface area contributed by atoms with E-state index in [1.807, 2.05) is 0 Å². The molecule has 0 heterocycles. The van der Waals surface area contributed by atoms with Crippen LogP contribution in [-0.4, -0.2) is 152 Å². The number of rotatable bonds is 34. The SMILES string of the molecule is COC(=O)CCNCCNCCOCCOCCOCCOCCOCCOCCOCCOCCCCN. The van der Waals surface area contributed by atoms with Crippen LogP contribution >= 0.6 is 0 Å². The molecule has 0 saturated heterocycles. The third-order valence-electron chi connectivity index (χ3n) is 4.98. The van der Waals surface area contributed by atoms with Gasteiger partial charge in [-0.2, -0.15) is 0 Å². The van der Waals surface area contributed by atoms with E-state index >= 15 is 0 Å². The van der Waals surface area contributed by atoms with Crippen LogP contribution in [-0.2, 0) is 47.4 Å². The Bertz CT molecular complexity index is 481. The Balaban J connectivity index is 3.03. The van der Waals surface area contributed by atoms with Crippen molar-refractivity contribution in [1.82, 2.24) is 10.6 Å². The second-order valence-corrected chi connectivity index (χ2v) is 8.22. The molecule has 0 amide bonds. The number of hydrogen-bond donors (Lipinski definition) is 3. The van der Waals surface area contributed by atoms with Crippen molar-refractivity contribution in [2.24, 2.45) is 5.73 Å². The summed E-state index contributed by atoms with van der Waals surface area (Å²) in [6.07, 6.45) is 2.38. The van der Waals surface area contributed by atoms with Crippen molar-refractivity contribution in [3.63, 3.8) is 0 Å². The van der Waals surface area contributed by atoms with Crippen molar-refractivity contribution in [1.29, 1.82) is 0 Å². The molecule has 0 radical (unpaired) electrons. The Kier molecular flexibility index (Phi) is 34.2. The van der Waals surface area contributed by atoms with E-state index in [9.17, 15) is 4.79 Å². The first kappa shape index (κ1) is 38.0. The van der Waals surface area contributed by atoms with Crippen molar-refractivity contribution < 1.29 is 47.4 Å². The summed E-state index contributed by atoms with van der Waals surface area (Å²) in [5, 5.41) is 6.42. The third-order valence-corrected chi connectivity index (χ3v) is 4.98. The standard InChI is InChI=1S/C26H55N3O10/c1-31-26(30)4-6-28-7-8-29-9-11-33-13-15-35-17-19-37-21-23-39-25-24-38-22-20-36-18-16-34-14-12-32-10-3-2-5-27/h28-29H,2-25,27H2,1H3. The molecule has 0 fully saturated rings. The van der Waals surface area contributed by atoms with E-state index in [1.165, 1.54) is 7.11 Å². The van der Waals surface area contributed by atoms with E-state index in [0.717, 1.165) is 39.1 Å². The van der Waals surface area contributed by atoms with E-state index in [-0.39, 0.29) is 5.97 Å². The molecule has 13 heteroatoms. The van der Waals surface area contributed by atoms with Gasteiger partial charge in [0.1, 0.15) is 0 Å². The van der Waals surface area contributed by atoms with Crippen LogP contribution in [0.4, 0.5) is 0 Å². The fourth-order valence-corrected chi connectivity index (χ4v) is 2.85. The molecule has 234 valence electrons. The molecule has 0 aromatic rings. The predicted molar refractivity (Wildman–Crippen MR) is 147 cm³/mol. The zero-order chi connectivity index (χ0) is 28.3. The van der Waals surface area contributed by atoms with Gasteiger partial charge < -0.3 is 59.0 Å². The normalized spacial score (nSPS) is 11.3. The lowest BCUT2D eigenvalue weighted by atomic mass is 10.3. The number of esters is 1. The fourth-order valence-electron chi connectivity index (χ4n) is 2.85. The quantitative estimate of drug-likeness (QED) is 0.0682. The number of nitrogens with one attached hydrogen (secondary N) is 2. The van der Waals surface area contributed by atoms with Gasteiger partial charge in [0, 0.05) is 32.8 Å². The zero-order valence-electron chi connectivity index (χ0n) is 24.1. The maximum Gasteiger partial charge on any atom is 0.306 e. The van der Waals surface area contributed by atoms with Crippen LogP contribution in [0.5, 0.6) is 0 Å². The van der Waals surface area contributed by atoms with Crippen molar-refractivity contribution in [3.8, 4) is 0 Å². The number of nitrogens with two attached hydrogens (primary N) is 1. The first-order valence-corrected chi connectivity index (χ1v) is 14.1. The van der Waals surface area contributed by atoms with Crippen LogP contribution in [0.25, 0.3) is 0 Å². The second-order valence-electron chi connectivity index (χ2n) is 8.22. The van der Waals surface area contributed by atoms with Crippen molar-refractivity contribution in [3.05, 3.63) is 0 Å². The van der Waals surface area contributed by atoms with Gasteiger partial charge in [0.15, 0.2) is 0 Å². The predicted octanol–water partition coefficient (Wildman–Crippen LogP) is -0.400. The zero-order valence-corrected chi connectivity index (χ0v) is 24.1. The van der Waals surface area contributed by atoms with E-state index < -0.39 is 0 Å². The minimum absolute atomic E-state index is 0.201. The van der Waals surface area contributed by atoms with Crippen LogP contribution in [0.2, 0.25) is 0 Å². The Morgan fingerprint density at radius 2 is 0.846 bits per heavy atom. The number of ether oxygens (including phenoxy) is 9. The summed E-state index contributed by atoms with van der Waals surface area (Å²) in [6, 6.07) is 0. The van der Waals surface area contributed by atoms with Crippen LogP contribution < -0.4 is 16.4 Å². The summed E-state index contributed by atoms with van der Waals surface area (Å²) < 4.78 is 48.2. The summed E-state index contributed by atoms with van der Waals surface area (Å²) in [4.78, 5) is 11.0. The number of methoxy groups -OCH3 is 1. The van der Waals surface area contributed by atoms with Gasteiger partial charge in [-0.25, -0.2) is 0 Å². The Labute approximate surface area is 234 Å². The van der Waals surface area contributed by atoms with E-state index in [2.05, 4.69) is 15.4 Å². The number of carbonyl (C=O) groups excluding carboxylic acids is 1. The van der Waals surface area contributed by atoms with E-state index in [4.69, 9.17) is 43.6 Å². The lowest BCUT2D eigenvalue weighted by molar-refractivity contribution is -0.140. The van der Waals surface area contributed by atoms with Crippen LogP contribution in [0.3, 0.4) is 0 Å². The molecule has 0 aliphatic heterocycles. The number of unbranched alkanes of at least 4 members (excludes halogenated alkanes) is 1. The van der Waals surface area contributed by atoms with Gasteiger partial charge in [0.05, 0.1) is 113 Å². The molecule has 0 aliphatic rings. The first-order valence-electron chi connectivity index (χ1n) is 14.1. The average Bonchev–Trinajstić information content (AvgIpc) is 2.95. The minimum atomic E-state index is -0.201. The van der Waals surface area contributed by atoms with E-state index in [1.54, 1.807) is 0 Å². The monoisotopic (exact) mass is 569 g/mol. The van der Waals surface area contributed by atoms with Gasteiger partial charge in [-0.1, -0.05) is 0 Å². The minimum Gasteiger partial charge on any atom is -0.469 e. The molecule has 0 bridgehead atoms. The summed E-state index contributed by atoms with van der Waals surface area (Å²) in [7, 11) is 1.39. The van der Waals surface area contributed by atoms with Crippen molar-refractivity contribution in [2.75, 3.05) is 146 Å². The molecule has 0 unspecified atom stereocenters. The van der Waals surface area contributed by atoms with E-state index in [0.29, 0.717) is 119 Å². The molecular formula is C26H55N3O10. The summed E-state index contributed by atoms with van der Waals surface area (Å²) in [5.41, 5.74) is 5.42. The Morgan fingerprint density at radius 1 is 0.487 bits per heavy atom. The van der Waals surface area contributed by atoms with Gasteiger partial charge >= 0.3 is 5.97 Å². The highest BCUT2D eigenvalue weighted by Gasteiger charge is 1.98. The molecule has 0 aromatic heterocycles. The highest BCUT2D eigenvalue weighted by molar-refractivity contribution is 5.69. The molecule has 0 aromatic carbocycles. The lowest BCUT2D eigenvalue weighted by Gasteiger charge is -2.09. The van der Waals surface area contributed by atoms with Gasteiger partial charge in [0.2, 0.25) is 0 Å². The maximum atomic E-state index is 11.0. The topological polar surface area (TPSA) is 150 Å². The summed E-state index contributed by atoms with van der Waals surface area (Å²) in [6.45, 7) is 12.6. The molecule has 0 spiro atoms. The summed E-state index contributed by atoms with van der Waals surface area (Å²) in [5.74, 6) is -0.201. The number of hydrogen-bond acceptors (Lipinski definition) is 13. The van der Waals surface area contributed by atoms with Gasteiger partial charge in [-0.3, -0.25) is 4.79 Å². The highest BCUT2D eigenvalue weighted by atomic mass is 16.6. The highest BCUT2D eigenvalue weighted by Crippen LogP contribution is 1.89. The molecule has 4 N–H and O–H groups in total. The maximum absolute atomic E-state index is 11.0. The first-order chi connectivity index (χ1) is 19.3. The van der Waals surface area contributed by atoms with Crippen molar-refractivity contribution in [2.45, 2.75) is 19.3 Å². The third kappa shape index (κ3) is 35.0. The van der Waals surface area contributed by atoms with Crippen LogP contribution in [0.1, 0.15) is 19.3 Å².